The van der Waals surface area contributed by atoms with Crippen molar-refractivity contribution in [3.05, 3.63) is 83.4 Å². The number of rotatable bonds is 7. The predicted molar refractivity (Wildman–Crippen MR) is 137 cm³/mol. The molecule has 0 bridgehead atoms. The molecule has 5 rings (SSSR count). The molecule has 0 fully saturated rings. The molecule has 0 saturated heterocycles. The first-order valence-corrected chi connectivity index (χ1v) is 12.1. The summed E-state index contributed by atoms with van der Waals surface area (Å²) in [5.74, 6) is -1.38. The highest BCUT2D eigenvalue weighted by molar-refractivity contribution is 5.81. The molecule has 1 aliphatic carbocycles. The van der Waals surface area contributed by atoms with Crippen molar-refractivity contribution < 1.29 is 24.3 Å². The van der Waals surface area contributed by atoms with Crippen LogP contribution in [0.5, 0.6) is 0 Å². The highest BCUT2D eigenvalue weighted by atomic mass is 16.7. The van der Waals surface area contributed by atoms with E-state index in [0.29, 0.717) is 11.0 Å². The number of fused-ring (bicyclic) bond motifs is 4. The van der Waals surface area contributed by atoms with E-state index in [-0.39, 0.29) is 24.5 Å². The number of carboxylic acids is 1. The minimum atomic E-state index is -1.35. The van der Waals surface area contributed by atoms with E-state index in [1.165, 1.54) is 4.85 Å². The molecule has 1 aromatic heterocycles. The number of nitrogens with zero attached hydrogens (tertiary/aromatic N) is 3. The van der Waals surface area contributed by atoms with Crippen LogP contribution in [-0.2, 0) is 14.9 Å². The molecule has 0 saturated carbocycles. The van der Waals surface area contributed by atoms with Gasteiger partial charge in [0.2, 0.25) is 0 Å². The number of carbonyl (C=O) groups excluding carboxylic acids is 1. The molecule has 1 amide bonds. The average Bonchev–Trinajstić information content (AvgIpc) is 3.43. The van der Waals surface area contributed by atoms with Crippen molar-refractivity contribution in [3.8, 4) is 11.1 Å². The van der Waals surface area contributed by atoms with Gasteiger partial charge in [0.1, 0.15) is 24.2 Å². The molecule has 0 unspecified atom stereocenters. The fourth-order valence-electron chi connectivity index (χ4n) is 4.73. The van der Waals surface area contributed by atoms with Crippen molar-refractivity contribution in [1.29, 1.82) is 0 Å². The third-order valence-corrected chi connectivity index (χ3v) is 6.55. The molecule has 0 aliphatic heterocycles. The van der Waals surface area contributed by atoms with Crippen LogP contribution < -0.4 is 10.2 Å². The number of aliphatic carboxylic acids is 1. The van der Waals surface area contributed by atoms with Gasteiger partial charge in [0.05, 0.1) is 0 Å². The standard InChI is InChI=1S/C28H28N4O5/c1-28(2,3)22-13-8-14-24-25(22)30-31-32(24)37-16-23(26(33)34)29-27(35)36-15-21-19-11-6-4-9-17(19)18-10-5-7-12-20(18)21/h4-14,21,23H,15-16H2,1-3H3,(H,29,35)(H,33,34)/t23-/m1/s1. The molecule has 3 aromatic carbocycles. The number of aromatic nitrogens is 3. The number of amides is 1. The first-order chi connectivity index (χ1) is 17.7. The van der Waals surface area contributed by atoms with Gasteiger partial charge in [-0.05, 0) is 44.5 Å². The van der Waals surface area contributed by atoms with E-state index in [1.807, 2.05) is 60.7 Å². The maximum Gasteiger partial charge on any atom is 0.407 e. The van der Waals surface area contributed by atoms with E-state index < -0.39 is 18.1 Å². The van der Waals surface area contributed by atoms with Gasteiger partial charge in [0.25, 0.3) is 0 Å². The second-order valence-electron chi connectivity index (χ2n) is 10.0. The van der Waals surface area contributed by atoms with Crippen LogP contribution >= 0.6 is 0 Å². The van der Waals surface area contributed by atoms with Gasteiger partial charge in [-0.15, -0.1) is 5.10 Å². The van der Waals surface area contributed by atoms with Crippen LogP contribution in [0.1, 0.15) is 43.4 Å². The molecule has 1 heterocycles. The zero-order chi connectivity index (χ0) is 26.2. The monoisotopic (exact) mass is 500 g/mol. The van der Waals surface area contributed by atoms with Crippen LogP contribution in [-0.4, -0.2) is 51.6 Å². The molecule has 9 nitrogen and oxygen atoms in total. The van der Waals surface area contributed by atoms with Gasteiger partial charge in [-0.25, -0.2) is 9.59 Å². The molecule has 2 N–H and O–H groups in total. The van der Waals surface area contributed by atoms with E-state index in [1.54, 1.807) is 6.07 Å². The second kappa shape index (κ2) is 9.57. The molecule has 0 spiro atoms. The van der Waals surface area contributed by atoms with Crippen LogP contribution in [0, 0.1) is 0 Å². The van der Waals surface area contributed by atoms with Crippen LogP contribution in [0.3, 0.4) is 0 Å². The quantitative estimate of drug-likeness (QED) is 0.392. The summed E-state index contributed by atoms with van der Waals surface area (Å²) in [5.41, 5.74) is 6.48. The minimum absolute atomic E-state index is 0.0797. The third-order valence-electron chi connectivity index (χ3n) is 6.55. The molecular formula is C28H28N4O5. The van der Waals surface area contributed by atoms with E-state index in [4.69, 9.17) is 9.57 Å². The molecular weight excluding hydrogens is 472 g/mol. The summed E-state index contributed by atoms with van der Waals surface area (Å²) < 4.78 is 5.48. The Morgan fingerprint density at radius 2 is 1.65 bits per heavy atom. The number of carbonyl (C=O) groups is 2. The van der Waals surface area contributed by atoms with Crippen molar-refractivity contribution in [2.45, 2.75) is 38.1 Å². The average molecular weight is 501 g/mol. The summed E-state index contributed by atoms with van der Waals surface area (Å²) in [7, 11) is 0. The zero-order valence-electron chi connectivity index (χ0n) is 20.8. The number of nitrogens with one attached hydrogen (secondary N) is 1. The summed E-state index contributed by atoms with van der Waals surface area (Å²) in [6, 6.07) is 20.3. The lowest BCUT2D eigenvalue weighted by Crippen LogP contribution is -2.46. The number of ether oxygens (including phenoxy) is 1. The van der Waals surface area contributed by atoms with Crippen LogP contribution in [0.25, 0.3) is 22.2 Å². The van der Waals surface area contributed by atoms with Gasteiger partial charge >= 0.3 is 12.1 Å². The summed E-state index contributed by atoms with van der Waals surface area (Å²) in [6.45, 7) is 5.93. The lowest BCUT2D eigenvalue weighted by molar-refractivity contribution is -0.141. The molecule has 190 valence electrons. The van der Waals surface area contributed by atoms with Crippen LogP contribution in [0.2, 0.25) is 0 Å². The van der Waals surface area contributed by atoms with Crippen LogP contribution in [0.4, 0.5) is 4.79 Å². The Morgan fingerprint density at radius 1 is 1.00 bits per heavy atom. The maximum absolute atomic E-state index is 12.6. The minimum Gasteiger partial charge on any atom is -0.480 e. The fraction of sp³-hybridized carbons (Fsp3) is 0.286. The Kier molecular flexibility index (Phi) is 6.29. The van der Waals surface area contributed by atoms with E-state index >= 15 is 0 Å². The lowest BCUT2D eigenvalue weighted by atomic mass is 9.86. The van der Waals surface area contributed by atoms with Gasteiger partial charge in [-0.3, -0.25) is 0 Å². The topological polar surface area (TPSA) is 116 Å². The number of hydrogen-bond donors (Lipinski definition) is 2. The maximum atomic E-state index is 12.6. The van der Waals surface area contributed by atoms with Gasteiger partial charge in [0, 0.05) is 5.92 Å². The highest BCUT2D eigenvalue weighted by Gasteiger charge is 2.30. The van der Waals surface area contributed by atoms with Crippen molar-refractivity contribution in [3.63, 3.8) is 0 Å². The first-order valence-electron chi connectivity index (χ1n) is 12.1. The zero-order valence-corrected chi connectivity index (χ0v) is 20.8. The number of hydrogen-bond acceptors (Lipinski definition) is 6. The van der Waals surface area contributed by atoms with Gasteiger partial charge in [-0.1, -0.05) is 86.3 Å². The SMILES string of the molecule is CC(C)(C)c1cccc2c1nnn2OC[C@@H](NC(=O)OCC1c2ccccc2-c2ccccc21)C(=O)O. The molecule has 0 radical (unpaired) electrons. The third kappa shape index (κ3) is 4.72. The Labute approximate surface area is 214 Å². The molecule has 9 heteroatoms. The summed E-state index contributed by atoms with van der Waals surface area (Å²) in [5, 5.41) is 20.3. The van der Waals surface area contributed by atoms with Crippen molar-refractivity contribution in [1.82, 2.24) is 20.5 Å². The van der Waals surface area contributed by atoms with Crippen molar-refractivity contribution in [2.75, 3.05) is 13.2 Å². The first kappa shape index (κ1) is 24.3. The smallest absolute Gasteiger partial charge is 0.407 e. The van der Waals surface area contributed by atoms with Crippen molar-refractivity contribution in [2.24, 2.45) is 0 Å². The van der Waals surface area contributed by atoms with E-state index in [2.05, 4.69) is 36.4 Å². The Hall–Kier alpha value is -4.40. The number of benzene rings is 3. The number of alkyl carbamates (subject to hydrolysis) is 1. The normalized spacial score (nSPS) is 13.6. The fourth-order valence-corrected chi connectivity index (χ4v) is 4.73. The van der Waals surface area contributed by atoms with E-state index in [9.17, 15) is 14.7 Å². The molecule has 4 aromatic rings. The van der Waals surface area contributed by atoms with Crippen LogP contribution in [0.15, 0.2) is 66.7 Å². The Balaban J connectivity index is 1.24. The van der Waals surface area contributed by atoms with Crippen molar-refractivity contribution >= 4 is 23.1 Å². The molecule has 1 aliphatic rings. The molecule has 37 heavy (non-hydrogen) atoms. The highest BCUT2D eigenvalue weighted by Crippen LogP contribution is 2.44. The largest absolute Gasteiger partial charge is 0.480 e. The summed E-state index contributed by atoms with van der Waals surface area (Å²) in [4.78, 5) is 31.2. The Morgan fingerprint density at radius 3 is 2.27 bits per heavy atom. The number of carboxylic acid groups (broad SMARTS) is 1. The second-order valence-corrected chi connectivity index (χ2v) is 10.0. The van der Waals surface area contributed by atoms with Gasteiger partial charge in [-0.2, -0.15) is 0 Å². The summed E-state index contributed by atoms with van der Waals surface area (Å²) >= 11 is 0. The van der Waals surface area contributed by atoms with Gasteiger partial charge in [0.15, 0.2) is 6.04 Å². The lowest BCUT2D eigenvalue weighted by Gasteiger charge is -2.19. The Bertz CT molecular complexity index is 1430. The van der Waals surface area contributed by atoms with Gasteiger partial charge < -0.3 is 20.0 Å². The summed E-state index contributed by atoms with van der Waals surface area (Å²) in [6.07, 6.45) is -0.837. The molecule has 1 atom stereocenters. The predicted octanol–water partition coefficient (Wildman–Crippen LogP) is 4.15. The van der Waals surface area contributed by atoms with E-state index in [0.717, 1.165) is 27.8 Å².